The number of nitrogens with one attached hydrogen (secondary N) is 2. The van der Waals surface area contributed by atoms with Crippen LogP contribution in [-0.4, -0.2) is 97.4 Å². The molecule has 0 atom stereocenters. The second-order valence-corrected chi connectivity index (χ2v) is 9.50. The maximum Gasteiger partial charge on any atom is 0.180 e. The number of aromatic nitrogens is 8. The highest BCUT2D eigenvalue weighted by Gasteiger charge is 2.25. The number of likely N-dealkylation sites (N-methyl/N-ethyl adjacent to an activating group) is 1. The minimum atomic E-state index is 0.188. The van der Waals surface area contributed by atoms with E-state index in [9.17, 15) is 0 Å². The van der Waals surface area contributed by atoms with Crippen LogP contribution in [0.1, 0.15) is 0 Å². The molecule has 0 radical (unpaired) electrons. The zero-order chi connectivity index (χ0) is 24.2. The Labute approximate surface area is 206 Å². The summed E-state index contributed by atoms with van der Waals surface area (Å²) >= 11 is 0. The predicted molar refractivity (Wildman–Crippen MR) is 138 cm³/mol. The van der Waals surface area contributed by atoms with E-state index in [0.29, 0.717) is 28.4 Å². The monoisotopic (exact) mass is 482 g/mol. The molecule has 7 rings (SSSR count). The molecule has 0 aliphatic carbocycles. The fourth-order valence-corrected chi connectivity index (χ4v) is 4.86. The molecule has 12 heteroatoms. The lowest BCUT2D eigenvalue weighted by atomic mass is 10.1. The van der Waals surface area contributed by atoms with Gasteiger partial charge in [0.2, 0.25) is 0 Å². The molecule has 0 unspecified atom stereocenters. The van der Waals surface area contributed by atoms with Crippen LogP contribution in [0, 0.1) is 0 Å². The van der Waals surface area contributed by atoms with E-state index in [4.69, 9.17) is 20.7 Å². The Morgan fingerprint density at radius 2 is 1.81 bits per heavy atom. The van der Waals surface area contributed by atoms with E-state index in [0.717, 1.165) is 67.5 Å². The van der Waals surface area contributed by atoms with Crippen LogP contribution in [0.5, 0.6) is 0 Å². The van der Waals surface area contributed by atoms with Crippen LogP contribution in [0.4, 0.5) is 11.5 Å². The maximum absolute atomic E-state index is 5.93. The van der Waals surface area contributed by atoms with E-state index in [1.807, 2.05) is 24.4 Å². The number of piperazine rings is 1. The summed E-state index contributed by atoms with van der Waals surface area (Å²) in [4.78, 5) is 33.6. The van der Waals surface area contributed by atoms with Gasteiger partial charge in [-0.1, -0.05) is 0 Å². The van der Waals surface area contributed by atoms with Gasteiger partial charge >= 0.3 is 0 Å². The summed E-state index contributed by atoms with van der Waals surface area (Å²) in [6.07, 6.45) is 5.30. The highest BCUT2D eigenvalue weighted by Crippen LogP contribution is 2.30. The van der Waals surface area contributed by atoms with Crippen molar-refractivity contribution in [2.75, 3.05) is 56.1 Å². The third-order valence-electron chi connectivity index (χ3n) is 6.96. The molecule has 2 aliphatic heterocycles. The van der Waals surface area contributed by atoms with Gasteiger partial charge in [0.25, 0.3) is 0 Å². The lowest BCUT2D eigenvalue weighted by molar-refractivity contribution is 0.313. The molecule has 0 bridgehead atoms. The van der Waals surface area contributed by atoms with E-state index < -0.39 is 0 Å². The summed E-state index contributed by atoms with van der Waals surface area (Å²) in [6.45, 7) is 5.54. The largest absolute Gasteiger partial charge is 0.367 e. The molecule has 12 nitrogen and oxygen atoms in total. The van der Waals surface area contributed by atoms with Crippen LogP contribution in [0.15, 0.2) is 36.8 Å². The molecule has 2 saturated heterocycles. The number of nitrogens with two attached hydrogens (primary N) is 1. The molecule has 0 amide bonds. The van der Waals surface area contributed by atoms with Crippen molar-refractivity contribution in [1.82, 2.24) is 45.0 Å². The molecular formula is C24H26N12. The van der Waals surface area contributed by atoms with Crippen molar-refractivity contribution in [3.05, 3.63) is 36.8 Å². The number of rotatable bonds is 4. The van der Waals surface area contributed by atoms with E-state index >= 15 is 0 Å². The lowest BCUT2D eigenvalue weighted by Crippen LogP contribution is -2.56. The summed E-state index contributed by atoms with van der Waals surface area (Å²) < 4.78 is 0. The molecule has 0 spiro atoms. The zero-order valence-corrected chi connectivity index (χ0v) is 19.9. The van der Waals surface area contributed by atoms with Crippen molar-refractivity contribution in [1.29, 1.82) is 0 Å². The summed E-state index contributed by atoms with van der Waals surface area (Å²) in [5.41, 5.74) is 12.2. The van der Waals surface area contributed by atoms with Crippen LogP contribution >= 0.6 is 0 Å². The molecule has 5 aromatic heterocycles. The molecule has 36 heavy (non-hydrogen) atoms. The van der Waals surface area contributed by atoms with Crippen molar-refractivity contribution in [2.45, 2.75) is 6.04 Å². The van der Waals surface area contributed by atoms with Crippen LogP contribution < -0.4 is 15.5 Å². The average molecular weight is 483 g/mol. The highest BCUT2D eigenvalue weighted by atomic mass is 15.3. The summed E-state index contributed by atoms with van der Waals surface area (Å²) in [5, 5.41) is 7.62. The van der Waals surface area contributed by atoms with Gasteiger partial charge in [-0.15, -0.1) is 0 Å². The zero-order valence-electron chi connectivity index (χ0n) is 19.9. The minimum Gasteiger partial charge on any atom is -0.367 e. The summed E-state index contributed by atoms with van der Waals surface area (Å²) in [7, 11) is 2.15. The number of hydrogen-bond donors (Lipinski definition) is 3. The van der Waals surface area contributed by atoms with Gasteiger partial charge < -0.3 is 25.4 Å². The van der Waals surface area contributed by atoms with Crippen molar-refractivity contribution < 1.29 is 0 Å². The summed E-state index contributed by atoms with van der Waals surface area (Å²) in [6, 6.07) is 6.11. The van der Waals surface area contributed by atoms with Crippen LogP contribution in [0.3, 0.4) is 0 Å². The first-order chi connectivity index (χ1) is 17.6. The van der Waals surface area contributed by atoms with Gasteiger partial charge in [-0.3, -0.25) is 10.1 Å². The number of anilines is 2. The molecule has 0 aromatic carbocycles. The van der Waals surface area contributed by atoms with E-state index in [-0.39, 0.29) is 6.04 Å². The van der Waals surface area contributed by atoms with E-state index in [2.05, 4.69) is 46.9 Å². The van der Waals surface area contributed by atoms with Gasteiger partial charge in [0, 0.05) is 51.5 Å². The Bertz CT molecular complexity index is 1560. The molecule has 5 aromatic rings. The molecule has 0 saturated carbocycles. The summed E-state index contributed by atoms with van der Waals surface area (Å²) in [5.74, 6) is 1.44. The molecule has 2 aliphatic rings. The Hall–Kier alpha value is -4.16. The second kappa shape index (κ2) is 8.21. The van der Waals surface area contributed by atoms with Gasteiger partial charge in [-0.2, -0.15) is 5.10 Å². The van der Waals surface area contributed by atoms with Crippen LogP contribution in [-0.2, 0) is 0 Å². The average Bonchev–Trinajstić information content (AvgIpc) is 3.51. The number of nitrogens with zero attached hydrogens (tertiary/aromatic N) is 9. The van der Waals surface area contributed by atoms with E-state index in [1.165, 1.54) is 0 Å². The normalized spacial score (nSPS) is 17.3. The number of imidazole rings is 1. The fourth-order valence-electron chi connectivity index (χ4n) is 4.86. The third-order valence-corrected chi connectivity index (χ3v) is 6.96. The van der Waals surface area contributed by atoms with Crippen LogP contribution in [0.2, 0.25) is 0 Å². The SMILES string of the molecule is CN1CCN(c2ccnc3nc(-c4n[nH]c5ccc(-c6cncc(N7CC(N)C7)n6)nc45)[nH]c23)CC1. The quantitative estimate of drug-likeness (QED) is 0.342. The van der Waals surface area contributed by atoms with Crippen molar-refractivity contribution in [3.8, 4) is 22.9 Å². The Morgan fingerprint density at radius 1 is 0.944 bits per heavy atom. The molecule has 4 N–H and O–H groups in total. The minimum absolute atomic E-state index is 0.188. The first-order valence-electron chi connectivity index (χ1n) is 12.1. The van der Waals surface area contributed by atoms with Gasteiger partial charge in [0.1, 0.15) is 22.5 Å². The first-order valence-corrected chi connectivity index (χ1v) is 12.1. The Balaban J connectivity index is 1.26. The third kappa shape index (κ3) is 3.53. The Morgan fingerprint density at radius 3 is 2.64 bits per heavy atom. The second-order valence-electron chi connectivity index (χ2n) is 9.50. The molecular weight excluding hydrogens is 456 g/mol. The highest BCUT2D eigenvalue weighted by molar-refractivity contribution is 5.93. The maximum atomic E-state index is 5.93. The standard InChI is InChI=1S/C24H26N12/c1-34-6-8-35(9-7-34)18-4-5-27-23-21(18)30-24(31-23)22-20-16(32-33-22)3-2-15(29-20)17-10-26-11-19(28-17)36-12-14(25)13-36/h2-5,10-11,14H,6-9,12-13,25H2,1H3,(H,32,33)(H,27,30,31). The van der Waals surface area contributed by atoms with Gasteiger partial charge in [0.15, 0.2) is 17.2 Å². The number of hydrogen-bond acceptors (Lipinski definition) is 10. The van der Waals surface area contributed by atoms with Crippen molar-refractivity contribution in [2.24, 2.45) is 5.73 Å². The van der Waals surface area contributed by atoms with E-state index in [1.54, 1.807) is 12.4 Å². The smallest absolute Gasteiger partial charge is 0.180 e. The lowest BCUT2D eigenvalue weighted by Gasteiger charge is -2.37. The first kappa shape index (κ1) is 21.1. The van der Waals surface area contributed by atoms with Gasteiger partial charge in [-0.25, -0.2) is 19.9 Å². The van der Waals surface area contributed by atoms with Crippen molar-refractivity contribution >= 4 is 33.7 Å². The van der Waals surface area contributed by atoms with Crippen LogP contribution in [0.25, 0.3) is 45.1 Å². The van der Waals surface area contributed by atoms with Gasteiger partial charge in [-0.05, 0) is 25.2 Å². The Kier molecular flexibility index (Phi) is 4.82. The number of aromatic amines is 2. The fraction of sp³-hybridized carbons (Fsp3) is 0.333. The van der Waals surface area contributed by atoms with Crippen molar-refractivity contribution in [3.63, 3.8) is 0 Å². The number of H-pyrrole nitrogens is 2. The number of fused-ring (bicyclic) bond motifs is 2. The predicted octanol–water partition coefficient (Wildman–Crippen LogP) is 1.25. The van der Waals surface area contributed by atoms with Gasteiger partial charge in [0.05, 0.1) is 29.3 Å². The topological polar surface area (TPSA) is 145 Å². The molecule has 182 valence electrons. The number of pyridine rings is 2. The molecule has 7 heterocycles. The molecule has 2 fully saturated rings.